The molecule has 3 heterocycles. The molecule has 5 rings (SSSR count). The van der Waals surface area contributed by atoms with E-state index in [-0.39, 0.29) is 23.3 Å². The average molecular weight is 675 g/mol. The molecule has 1 unspecified atom stereocenters. The number of anilines is 1. The summed E-state index contributed by atoms with van der Waals surface area (Å²) in [6.07, 6.45) is 0.951. The van der Waals surface area contributed by atoms with E-state index in [0.29, 0.717) is 55.1 Å². The highest BCUT2D eigenvalue weighted by atomic mass is 32.2. The molecule has 1 aromatic heterocycles. The number of benzene rings is 2. The fourth-order valence-electron chi connectivity index (χ4n) is 5.80. The number of amides is 2. The Hall–Kier alpha value is -4.04. The Morgan fingerprint density at radius 1 is 0.979 bits per heavy atom. The Bertz CT molecular complexity index is 1720. The van der Waals surface area contributed by atoms with Crippen LogP contribution in [-0.2, 0) is 36.8 Å². The van der Waals surface area contributed by atoms with E-state index in [4.69, 9.17) is 9.47 Å². The summed E-state index contributed by atoms with van der Waals surface area (Å²) in [6.45, 7) is 5.96. The van der Waals surface area contributed by atoms with E-state index in [1.165, 1.54) is 47.6 Å². The van der Waals surface area contributed by atoms with Gasteiger partial charge >= 0.3 is 12.3 Å². The van der Waals surface area contributed by atoms with Crippen molar-refractivity contribution in [3.05, 3.63) is 82.9 Å². The lowest BCUT2D eigenvalue weighted by molar-refractivity contribution is -0.137. The molecular formula is C33H37F3N4O6S. The predicted molar refractivity (Wildman–Crippen MR) is 166 cm³/mol. The van der Waals surface area contributed by atoms with Gasteiger partial charge in [-0.05, 0) is 81.0 Å². The first kappa shape index (κ1) is 34.3. The van der Waals surface area contributed by atoms with Crippen molar-refractivity contribution in [1.29, 1.82) is 0 Å². The molecule has 1 saturated heterocycles. The molecule has 3 aromatic rings. The normalized spacial score (nSPS) is 20.6. The first-order valence-corrected chi connectivity index (χ1v) is 17.1. The van der Waals surface area contributed by atoms with Crippen molar-refractivity contribution in [1.82, 2.24) is 14.9 Å². The van der Waals surface area contributed by atoms with Gasteiger partial charge in [0.05, 0.1) is 41.7 Å². The molecule has 0 aliphatic carbocycles. The summed E-state index contributed by atoms with van der Waals surface area (Å²) in [5.74, 6) is -0.133. The van der Waals surface area contributed by atoms with Crippen LogP contribution in [0.15, 0.2) is 59.8 Å². The SMILES string of the molecule is CC(C)(C)OC(=O)N1Cc2cc(S(C)(=O)=O)ccc2[C@@H]1C(=O)Nc1cnc(C2CCOC[C@H](c3ccc(C(F)(F)F)cc3)CC2)nc1. The third-order valence-corrected chi connectivity index (χ3v) is 9.28. The first-order valence-electron chi connectivity index (χ1n) is 15.2. The molecule has 0 bridgehead atoms. The second kappa shape index (κ2) is 13.2. The Labute approximate surface area is 271 Å². The van der Waals surface area contributed by atoms with Crippen LogP contribution in [0.3, 0.4) is 0 Å². The number of aromatic nitrogens is 2. The number of hydrogen-bond donors (Lipinski definition) is 1. The molecule has 252 valence electrons. The summed E-state index contributed by atoms with van der Waals surface area (Å²) in [5, 5.41) is 2.78. The van der Waals surface area contributed by atoms with Crippen LogP contribution >= 0.6 is 0 Å². The van der Waals surface area contributed by atoms with E-state index in [9.17, 15) is 31.2 Å². The fraction of sp³-hybridized carbons (Fsp3) is 0.455. The summed E-state index contributed by atoms with van der Waals surface area (Å²) in [7, 11) is -3.52. The van der Waals surface area contributed by atoms with Crippen molar-refractivity contribution >= 4 is 27.5 Å². The number of ether oxygens (including phenoxy) is 2. The van der Waals surface area contributed by atoms with Crippen molar-refractivity contribution in [2.24, 2.45) is 0 Å². The van der Waals surface area contributed by atoms with Gasteiger partial charge in [0, 0.05) is 24.7 Å². The van der Waals surface area contributed by atoms with Crippen LogP contribution < -0.4 is 5.32 Å². The third-order valence-electron chi connectivity index (χ3n) is 8.17. The van der Waals surface area contributed by atoms with Gasteiger partial charge in [-0.2, -0.15) is 13.2 Å². The number of nitrogens with zero attached hydrogens (tertiary/aromatic N) is 3. The number of sulfone groups is 1. The van der Waals surface area contributed by atoms with E-state index < -0.39 is 45.2 Å². The zero-order chi connectivity index (χ0) is 34.1. The molecule has 2 aliphatic heterocycles. The quantitative estimate of drug-likeness (QED) is 0.330. The number of carbonyl (C=O) groups excluding carboxylic acids is 2. The van der Waals surface area contributed by atoms with Gasteiger partial charge in [0.25, 0.3) is 5.91 Å². The van der Waals surface area contributed by atoms with Crippen LogP contribution in [0.25, 0.3) is 0 Å². The smallest absolute Gasteiger partial charge is 0.416 e. The van der Waals surface area contributed by atoms with Gasteiger partial charge in [0.2, 0.25) is 0 Å². The van der Waals surface area contributed by atoms with E-state index in [1.54, 1.807) is 20.8 Å². The predicted octanol–water partition coefficient (Wildman–Crippen LogP) is 6.40. The van der Waals surface area contributed by atoms with Gasteiger partial charge < -0.3 is 14.8 Å². The summed E-state index contributed by atoms with van der Waals surface area (Å²) in [4.78, 5) is 37.1. The number of carbonyl (C=O) groups is 2. The van der Waals surface area contributed by atoms with Crippen LogP contribution in [0, 0.1) is 0 Å². The second-order valence-corrected chi connectivity index (χ2v) is 14.9. The average Bonchev–Trinajstić information content (AvgIpc) is 3.36. The van der Waals surface area contributed by atoms with Crippen molar-refractivity contribution in [2.45, 2.75) is 81.1 Å². The van der Waals surface area contributed by atoms with Crippen LogP contribution in [0.1, 0.15) is 86.0 Å². The summed E-state index contributed by atoms with van der Waals surface area (Å²) in [6, 6.07) is 8.50. The summed E-state index contributed by atoms with van der Waals surface area (Å²) >= 11 is 0. The zero-order valence-corrected chi connectivity index (χ0v) is 27.3. The minimum Gasteiger partial charge on any atom is -0.444 e. The maximum atomic E-state index is 13.6. The summed E-state index contributed by atoms with van der Waals surface area (Å²) < 4.78 is 74.7. The van der Waals surface area contributed by atoms with Crippen molar-refractivity contribution in [3.8, 4) is 0 Å². The Balaban J connectivity index is 1.29. The lowest BCUT2D eigenvalue weighted by Gasteiger charge is -2.28. The molecule has 0 saturated carbocycles. The molecule has 1 fully saturated rings. The molecule has 3 atom stereocenters. The molecule has 47 heavy (non-hydrogen) atoms. The van der Waals surface area contributed by atoms with Crippen molar-refractivity contribution in [2.75, 3.05) is 24.8 Å². The largest absolute Gasteiger partial charge is 0.444 e. The lowest BCUT2D eigenvalue weighted by Crippen LogP contribution is -2.40. The first-order chi connectivity index (χ1) is 22.0. The lowest BCUT2D eigenvalue weighted by atomic mass is 9.88. The molecule has 2 aromatic carbocycles. The number of hydrogen-bond acceptors (Lipinski definition) is 8. The molecule has 1 N–H and O–H groups in total. The van der Waals surface area contributed by atoms with E-state index >= 15 is 0 Å². The maximum absolute atomic E-state index is 13.6. The van der Waals surface area contributed by atoms with E-state index in [1.807, 2.05) is 0 Å². The minimum atomic E-state index is -4.40. The fourth-order valence-corrected chi connectivity index (χ4v) is 6.47. The monoisotopic (exact) mass is 674 g/mol. The van der Waals surface area contributed by atoms with Crippen LogP contribution in [0.2, 0.25) is 0 Å². The highest BCUT2D eigenvalue weighted by molar-refractivity contribution is 7.90. The van der Waals surface area contributed by atoms with Crippen LogP contribution in [0.5, 0.6) is 0 Å². The van der Waals surface area contributed by atoms with Crippen molar-refractivity contribution in [3.63, 3.8) is 0 Å². The zero-order valence-electron chi connectivity index (χ0n) is 26.5. The number of alkyl halides is 3. The van der Waals surface area contributed by atoms with Crippen LogP contribution in [0.4, 0.5) is 23.7 Å². The molecule has 14 heteroatoms. The van der Waals surface area contributed by atoms with Crippen LogP contribution in [-0.4, -0.2) is 60.4 Å². The molecule has 0 radical (unpaired) electrons. The standard InChI is InChI=1S/C33H37F3N4O6S/c1-32(2,3)46-31(42)40-18-23-15-26(47(4,43)44)11-12-27(23)28(40)30(41)39-25-16-37-29(38-17-25)21-5-6-22(19-45-14-13-21)20-7-9-24(10-8-20)33(34,35)36/h7-12,15-17,21-22,28H,5-6,13-14,18-19H2,1-4H3,(H,39,41)/t21?,22-,28-/m1/s1. The number of fused-ring (bicyclic) bond motifs is 1. The maximum Gasteiger partial charge on any atom is 0.416 e. The topological polar surface area (TPSA) is 128 Å². The molecule has 10 nitrogen and oxygen atoms in total. The molecule has 2 amide bonds. The van der Waals surface area contributed by atoms with Gasteiger partial charge in [-0.3, -0.25) is 9.69 Å². The Morgan fingerprint density at radius 3 is 2.26 bits per heavy atom. The van der Waals surface area contributed by atoms with Crippen molar-refractivity contribution < 1.29 is 40.7 Å². The molecule has 2 aliphatic rings. The summed E-state index contributed by atoms with van der Waals surface area (Å²) in [5.41, 5.74) is 0.561. The van der Waals surface area contributed by atoms with Gasteiger partial charge in [0.1, 0.15) is 17.5 Å². The highest BCUT2D eigenvalue weighted by Gasteiger charge is 2.41. The number of halogens is 3. The minimum absolute atomic E-state index is 0.0155. The Kier molecular flexibility index (Phi) is 9.65. The van der Waals surface area contributed by atoms with Gasteiger partial charge in [-0.15, -0.1) is 0 Å². The van der Waals surface area contributed by atoms with Gasteiger partial charge in [-0.1, -0.05) is 18.2 Å². The number of nitrogens with one attached hydrogen (secondary N) is 1. The van der Waals surface area contributed by atoms with E-state index in [0.717, 1.165) is 24.0 Å². The third kappa shape index (κ3) is 8.28. The Morgan fingerprint density at radius 2 is 1.64 bits per heavy atom. The molecule has 0 spiro atoms. The molecular weight excluding hydrogens is 637 g/mol. The highest BCUT2D eigenvalue weighted by Crippen LogP contribution is 2.38. The van der Waals surface area contributed by atoms with Gasteiger partial charge in [-0.25, -0.2) is 23.2 Å². The number of rotatable bonds is 5. The van der Waals surface area contributed by atoms with Gasteiger partial charge in [0.15, 0.2) is 9.84 Å². The van der Waals surface area contributed by atoms with E-state index in [2.05, 4.69) is 15.3 Å². The second-order valence-electron chi connectivity index (χ2n) is 12.9.